The van der Waals surface area contributed by atoms with Gasteiger partial charge in [-0.25, -0.2) is 22.2 Å². The Morgan fingerprint density at radius 1 is 1.56 bits per heavy atom. The average Bonchev–Trinajstić information content (AvgIpc) is 2.15. The van der Waals surface area contributed by atoms with E-state index in [1.54, 1.807) is 22.6 Å². The van der Waals surface area contributed by atoms with Crippen LogP contribution >= 0.6 is 33.3 Å². The molecule has 0 aliphatic rings. The number of aromatic nitrogens is 1. The van der Waals surface area contributed by atoms with Gasteiger partial charge in [-0.15, -0.1) is 0 Å². The first-order valence-electron chi connectivity index (χ1n) is 3.74. The smallest absolute Gasteiger partial charge is 0.270 e. The van der Waals surface area contributed by atoms with Crippen molar-refractivity contribution in [3.8, 4) is 5.88 Å². The quantitative estimate of drug-likeness (QED) is 0.595. The van der Waals surface area contributed by atoms with Crippen LogP contribution in [0.1, 0.15) is 12.0 Å². The lowest BCUT2D eigenvalue weighted by atomic mass is 10.3. The van der Waals surface area contributed by atoms with Gasteiger partial charge in [-0.05, 0) is 22.6 Å². The van der Waals surface area contributed by atoms with Gasteiger partial charge in [-0.2, -0.15) is 0 Å². The highest BCUT2D eigenvalue weighted by molar-refractivity contribution is 14.1. The second-order valence-corrected chi connectivity index (χ2v) is 6.26. The van der Waals surface area contributed by atoms with Crippen LogP contribution in [0.25, 0.3) is 0 Å². The van der Waals surface area contributed by atoms with Gasteiger partial charge in [0.05, 0.1) is 10.7 Å². The van der Waals surface area contributed by atoms with Crippen molar-refractivity contribution >= 4 is 42.3 Å². The number of rotatable bonds is 3. The van der Waals surface area contributed by atoms with E-state index in [1.165, 1.54) is 0 Å². The summed E-state index contributed by atoms with van der Waals surface area (Å²) in [6.45, 7) is 0. The highest BCUT2D eigenvalue weighted by Crippen LogP contribution is 2.37. The van der Waals surface area contributed by atoms with Gasteiger partial charge in [-0.3, -0.25) is 0 Å². The Bertz CT molecular complexity index is 509. The number of ether oxygens (including phenoxy) is 1. The Morgan fingerprint density at radius 3 is 2.50 bits per heavy atom. The van der Waals surface area contributed by atoms with E-state index < -0.39 is 31.8 Å². The minimum atomic E-state index is -4.28. The topological polar surface area (TPSA) is 56.3 Å². The molecular formula is C7H5ClF2INO3S. The number of alkyl halides is 2. The van der Waals surface area contributed by atoms with E-state index in [9.17, 15) is 17.2 Å². The van der Waals surface area contributed by atoms with Crippen molar-refractivity contribution < 1.29 is 21.9 Å². The molecule has 90 valence electrons. The largest absolute Gasteiger partial charge is 0.481 e. The van der Waals surface area contributed by atoms with Gasteiger partial charge in [0.2, 0.25) is 5.88 Å². The van der Waals surface area contributed by atoms with Crippen molar-refractivity contribution in [2.75, 3.05) is 7.11 Å². The van der Waals surface area contributed by atoms with E-state index in [2.05, 4.69) is 9.72 Å². The third-order valence-corrected chi connectivity index (χ3v) is 4.22. The van der Waals surface area contributed by atoms with E-state index in [-0.39, 0.29) is 3.57 Å². The SMILES string of the molecule is COc1ncc(I)c(S(=O)(=O)Cl)c1C(F)F. The van der Waals surface area contributed by atoms with Crippen LogP contribution in [0.4, 0.5) is 8.78 Å². The molecule has 9 heteroatoms. The number of pyridine rings is 1. The summed E-state index contributed by atoms with van der Waals surface area (Å²) < 4.78 is 52.5. The van der Waals surface area contributed by atoms with Gasteiger partial charge in [0.1, 0.15) is 10.5 Å². The Morgan fingerprint density at radius 2 is 2.12 bits per heavy atom. The lowest BCUT2D eigenvalue weighted by molar-refractivity contribution is 0.142. The Balaban J connectivity index is 3.69. The highest BCUT2D eigenvalue weighted by atomic mass is 127. The molecule has 16 heavy (non-hydrogen) atoms. The fourth-order valence-corrected chi connectivity index (χ4v) is 3.99. The maximum atomic E-state index is 12.7. The zero-order valence-corrected chi connectivity index (χ0v) is 11.5. The molecule has 0 amide bonds. The van der Waals surface area contributed by atoms with Gasteiger partial charge in [0, 0.05) is 16.9 Å². The third kappa shape index (κ3) is 2.72. The molecule has 0 aromatic carbocycles. The highest BCUT2D eigenvalue weighted by Gasteiger charge is 2.29. The first kappa shape index (κ1) is 13.8. The number of nitrogens with zero attached hydrogens (tertiary/aromatic N) is 1. The lowest BCUT2D eigenvalue weighted by Crippen LogP contribution is -2.06. The molecule has 0 radical (unpaired) electrons. The normalized spacial score (nSPS) is 11.9. The molecule has 0 saturated heterocycles. The number of hydrogen-bond donors (Lipinski definition) is 0. The Hall–Kier alpha value is -0.220. The molecule has 0 fully saturated rings. The molecule has 0 aliphatic heterocycles. The molecule has 0 N–H and O–H groups in total. The second-order valence-electron chi connectivity index (χ2n) is 2.60. The van der Waals surface area contributed by atoms with Gasteiger partial charge in [0.15, 0.2) is 0 Å². The summed E-state index contributed by atoms with van der Waals surface area (Å²) in [7, 11) is 1.93. The minimum Gasteiger partial charge on any atom is -0.481 e. The van der Waals surface area contributed by atoms with Crippen LogP contribution in [0.5, 0.6) is 5.88 Å². The Kier molecular flexibility index (Phi) is 4.29. The van der Waals surface area contributed by atoms with E-state index in [0.29, 0.717) is 0 Å². The van der Waals surface area contributed by atoms with Crippen molar-refractivity contribution in [2.24, 2.45) is 0 Å². The van der Waals surface area contributed by atoms with Gasteiger partial charge in [-0.1, -0.05) is 0 Å². The van der Waals surface area contributed by atoms with E-state index in [0.717, 1.165) is 13.3 Å². The molecule has 0 atom stereocenters. The van der Waals surface area contributed by atoms with Crippen molar-refractivity contribution in [1.29, 1.82) is 0 Å². The molecule has 0 saturated carbocycles. The van der Waals surface area contributed by atoms with E-state index in [4.69, 9.17) is 10.7 Å². The first-order chi connectivity index (χ1) is 7.29. The molecule has 1 heterocycles. The van der Waals surface area contributed by atoms with Crippen LogP contribution in [-0.4, -0.2) is 20.5 Å². The molecule has 1 rings (SSSR count). The van der Waals surface area contributed by atoms with Crippen LogP contribution in [0, 0.1) is 3.57 Å². The zero-order chi connectivity index (χ0) is 12.5. The maximum Gasteiger partial charge on any atom is 0.270 e. The summed E-state index contributed by atoms with van der Waals surface area (Å²) in [6.07, 6.45) is -1.94. The standard InChI is InChI=1S/C7H5ClF2INO3S/c1-15-7-4(6(9)10)5(16(8,13)14)3(11)2-12-7/h2,6H,1H3. The fourth-order valence-electron chi connectivity index (χ4n) is 1.07. The summed E-state index contributed by atoms with van der Waals surface area (Å²) in [4.78, 5) is 2.90. The van der Waals surface area contributed by atoms with Crippen LogP contribution < -0.4 is 4.74 Å². The Labute approximate surface area is 109 Å². The lowest BCUT2D eigenvalue weighted by Gasteiger charge is -2.11. The third-order valence-electron chi connectivity index (χ3n) is 1.64. The molecular weight excluding hydrogens is 379 g/mol. The predicted octanol–water partition coefficient (Wildman–Crippen LogP) is 2.56. The van der Waals surface area contributed by atoms with Gasteiger partial charge in [0.25, 0.3) is 15.5 Å². The summed E-state index contributed by atoms with van der Waals surface area (Å²) in [6, 6.07) is 0. The summed E-state index contributed by atoms with van der Waals surface area (Å²) in [5, 5.41) is 0. The zero-order valence-electron chi connectivity index (χ0n) is 7.75. The molecule has 0 spiro atoms. The van der Waals surface area contributed by atoms with Crippen molar-refractivity contribution in [1.82, 2.24) is 4.98 Å². The van der Waals surface area contributed by atoms with E-state index in [1.807, 2.05) is 0 Å². The predicted molar refractivity (Wildman–Crippen MR) is 61.5 cm³/mol. The first-order valence-corrected chi connectivity index (χ1v) is 7.13. The average molecular weight is 384 g/mol. The molecule has 0 bridgehead atoms. The number of methoxy groups -OCH3 is 1. The number of halogens is 4. The fraction of sp³-hybridized carbons (Fsp3) is 0.286. The molecule has 1 aromatic heterocycles. The van der Waals surface area contributed by atoms with E-state index >= 15 is 0 Å². The van der Waals surface area contributed by atoms with Crippen molar-refractivity contribution in [3.05, 3.63) is 15.3 Å². The maximum absolute atomic E-state index is 12.7. The summed E-state index contributed by atoms with van der Waals surface area (Å²) in [5.74, 6) is -0.449. The second kappa shape index (κ2) is 4.96. The van der Waals surface area contributed by atoms with Crippen LogP contribution in [0.2, 0.25) is 0 Å². The van der Waals surface area contributed by atoms with Gasteiger partial charge >= 0.3 is 0 Å². The monoisotopic (exact) mass is 383 g/mol. The van der Waals surface area contributed by atoms with Gasteiger partial charge < -0.3 is 4.74 Å². The van der Waals surface area contributed by atoms with Crippen LogP contribution in [-0.2, 0) is 9.05 Å². The summed E-state index contributed by atoms with van der Waals surface area (Å²) in [5.41, 5.74) is -0.815. The van der Waals surface area contributed by atoms with Crippen LogP contribution in [0.3, 0.4) is 0 Å². The molecule has 4 nitrogen and oxygen atoms in total. The van der Waals surface area contributed by atoms with Crippen molar-refractivity contribution in [3.63, 3.8) is 0 Å². The molecule has 0 aliphatic carbocycles. The van der Waals surface area contributed by atoms with Crippen LogP contribution in [0.15, 0.2) is 11.1 Å². The van der Waals surface area contributed by atoms with Crippen molar-refractivity contribution in [2.45, 2.75) is 11.3 Å². The number of hydrogen-bond acceptors (Lipinski definition) is 4. The molecule has 1 aromatic rings. The minimum absolute atomic E-state index is 0.0173. The molecule has 0 unspecified atom stereocenters. The summed E-state index contributed by atoms with van der Waals surface area (Å²) >= 11 is 1.56.